The Morgan fingerprint density at radius 2 is 1.68 bits per heavy atom. The van der Waals surface area contributed by atoms with Gasteiger partial charge in [0.2, 0.25) is 10.0 Å². The Hall–Kier alpha value is -2.65. The lowest BCUT2D eigenvalue weighted by atomic mass is 10.2. The quantitative estimate of drug-likeness (QED) is 0.792. The molecule has 25 heavy (non-hydrogen) atoms. The topological polar surface area (TPSA) is 109 Å². The molecule has 2 rings (SSSR count). The molecule has 8 nitrogen and oxygen atoms in total. The zero-order valence-electron chi connectivity index (χ0n) is 14.3. The molecule has 2 amide bonds. The minimum absolute atomic E-state index is 0.0159. The monoisotopic (exact) mass is 365 g/mol. The number of amides is 2. The number of benzene rings is 1. The summed E-state index contributed by atoms with van der Waals surface area (Å²) in [6.45, 7) is 3.35. The van der Waals surface area contributed by atoms with Crippen LogP contribution in [0, 0.1) is 13.8 Å². The van der Waals surface area contributed by atoms with Gasteiger partial charge in [-0.3, -0.25) is 20.4 Å². The summed E-state index contributed by atoms with van der Waals surface area (Å²) in [5, 5.41) is 0. The SMILES string of the molecule is Cc1cc(C(=O)NNC(=O)c2cccc(S(=O)(=O)N(C)C)c2)c(C)o1. The summed E-state index contributed by atoms with van der Waals surface area (Å²) in [7, 11) is -0.856. The lowest BCUT2D eigenvalue weighted by Gasteiger charge is -2.12. The van der Waals surface area contributed by atoms with Crippen molar-refractivity contribution in [1.82, 2.24) is 15.2 Å². The molecular weight excluding hydrogens is 346 g/mol. The molecule has 1 aromatic carbocycles. The number of aryl methyl sites for hydroxylation is 2. The molecule has 0 saturated heterocycles. The number of carbonyl (C=O) groups is 2. The fourth-order valence-corrected chi connectivity index (χ4v) is 3.07. The van der Waals surface area contributed by atoms with Gasteiger partial charge in [0.15, 0.2) is 0 Å². The van der Waals surface area contributed by atoms with E-state index in [0.717, 1.165) is 4.31 Å². The summed E-state index contributed by atoms with van der Waals surface area (Å²) in [5.74, 6) is -0.152. The lowest BCUT2D eigenvalue weighted by molar-refractivity contribution is 0.0845. The van der Waals surface area contributed by atoms with Crippen LogP contribution in [0.25, 0.3) is 0 Å². The average molecular weight is 365 g/mol. The number of furan rings is 1. The van der Waals surface area contributed by atoms with Gasteiger partial charge in [-0.25, -0.2) is 12.7 Å². The average Bonchev–Trinajstić information content (AvgIpc) is 2.90. The molecule has 0 atom stereocenters. The highest BCUT2D eigenvalue weighted by Crippen LogP contribution is 2.15. The number of hydrogen-bond donors (Lipinski definition) is 2. The van der Waals surface area contributed by atoms with Crippen LogP contribution >= 0.6 is 0 Å². The first-order chi connectivity index (χ1) is 11.6. The van der Waals surface area contributed by atoms with Gasteiger partial charge in [-0.1, -0.05) is 6.07 Å². The zero-order chi connectivity index (χ0) is 18.8. The Kier molecular flexibility index (Phi) is 5.29. The van der Waals surface area contributed by atoms with Gasteiger partial charge in [-0.15, -0.1) is 0 Å². The number of carbonyl (C=O) groups excluding carboxylic acids is 2. The second-order valence-corrected chi connectivity index (χ2v) is 7.70. The van der Waals surface area contributed by atoms with E-state index in [0.29, 0.717) is 17.1 Å². The molecule has 134 valence electrons. The molecule has 0 fully saturated rings. The van der Waals surface area contributed by atoms with Crippen molar-refractivity contribution in [2.24, 2.45) is 0 Å². The Balaban J connectivity index is 2.12. The Morgan fingerprint density at radius 1 is 1.04 bits per heavy atom. The molecular formula is C16H19N3O5S. The van der Waals surface area contributed by atoms with Crippen LogP contribution in [0.4, 0.5) is 0 Å². The second kappa shape index (κ2) is 7.08. The summed E-state index contributed by atoms with van der Waals surface area (Å²) in [6.07, 6.45) is 0. The van der Waals surface area contributed by atoms with Gasteiger partial charge >= 0.3 is 0 Å². The van der Waals surface area contributed by atoms with E-state index >= 15 is 0 Å². The number of sulfonamides is 1. The van der Waals surface area contributed by atoms with Crippen LogP contribution in [0.1, 0.15) is 32.2 Å². The Bertz CT molecular complexity index is 916. The number of rotatable bonds is 4. The molecule has 9 heteroatoms. The molecule has 0 spiro atoms. The van der Waals surface area contributed by atoms with E-state index in [1.165, 1.54) is 38.4 Å². The van der Waals surface area contributed by atoms with E-state index in [-0.39, 0.29) is 10.5 Å². The van der Waals surface area contributed by atoms with E-state index < -0.39 is 21.8 Å². The van der Waals surface area contributed by atoms with E-state index in [1.54, 1.807) is 19.9 Å². The fraction of sp³-hybridized carbons (Fsp3) is 0.250. The third kappa shape index (κ3) is 4.06. The van der Waals surface area contributed by atoms with Crippen LogP contribution in [-0.4, -0.2) is 38.6 Å². The largest absolute Gasteiger partial charge is 0.466 e. The standard InChI is InChI=1S/C16H19N3O5S/c1-10-8-14(11(2)24-10)16(21)18-17-15(20)12-6-5-7-13(9-12)25(22,23)19(3)4/h5-9H,1-4H3,(H,17,20)(H,18,21). The van der Waals surface area contributed by atoms with Crippen LogP contribution in [0.2, 0.25) is 0 Å². The maximum Gasteiger partial charge on any atom is 0.273 e. The molecule has 0 saturated carbocycles. The lowest BCUT2D eigenvalue weighted by Crippen LogP contribution is -2.41. The third-order valence-corrected chi connectivity index (χ3v) is 5.26. The molecule has 0 aliphatic carbocycles. The summed E-state index contributed by atoms with van der Waals surface area (Å²) in [4.78, 5) is 24.2. The molecule has 1 heterocycles. The summed E-state index contributed by atoms with van der Waals surface area (Å²) < 4.78 is 30.5. The van der Waals surface area contributed by atoms with E-state index in [2.05, 4.69) is 10.9 Å². The smallest absolute Gasteiger partial charge is 0.273 e. The highest BCUT2D eigenvalue weighted by molar-refractivity contribution is 7.89. The first-order valence-electron chi connectivity index (χ1n) is 7.33. The van der Waals surface area contributed by atoms with Gasteiger partial charge < -0.3 is 4.42 Å². The summed E-state index contributed by atoms with van der Waals surface area (Å²) in [5.41, 5.74) is 4.93. The normalized spacial score (nSPS) is 11.4. The van der Waals surface area contributed by atoms with E-state index in [4.69, 9.17) is 4.42 Å². The predicted molar refractivity (Wildman–Crippen MR) is 90.4 cm³/mol. The van der Waals surface area contributed by atoms with Crippen molar-refractivity contribution in [3.05, 3.63) is 53.0 Å². The van der Waals surface area contributed by atoms with E-state index in [1.807, 2.05) is 0 Å². The molecule has 2 aromatic rings. The molecule has 0 unspecified atom stereocenters. The van der Waals surface area contributed by atoms with Crippen molar-refractivity contribution >= 4 is 21.8 Å². The van der Waals surface area contributed by atoms with Gasteiger partial charge in [0, 0.05) is 19.7 Å². The first kappa shape index (κ1) is 18.7. The van der Waals surface area contributed by atoms with Crippen molar-refractivity contribution in [2.45, 2.75) is 18.7 Å². The van der Waals surface area contributed by atoms with Gasteiger partial charge in [-0.05, 0) is 38.1 Å². The Labute approximate surface area is 145 Å². The van der Waals surface area contributed by atoms with Crippen molar-refractivity contribution in [3.63, 3.8) is 0 Å². The highest BCUT2D eigenvalue weighted by Gasteiger charge is 2.19. The third-order valence-electron chi connectivity index (χ3n) is 3.45. The molecule has 0 bridgehead atoms. The number of hydrazine groups is 1. The molecule has 2 N–H and O–H groups in total. The maximum absolute atomic E-state index is 12.2. The van der Waals surface area contributed by atoms with Gasteiger partial charge in [-0.2, -0.15) is 0 Å². The number of hydrogen-bond acceptors (Lipinski definition) is 5. The van der Waals surface area contributed by atoms with Crippen molar-refractivity contribution < 1.29 is 22.4 Å². The fourth-order valence-electron chi connectivity index (χ4n) is 2.12. The Morgan fingerprint density at radius 3 is 2.24 bits per heavy atom. The number of nitrogens with zero attached hydrogens (tertiary/aromatic N) is 1. The van der Waals surface area contributed by atoms with Crippen LogP contribution in [0.5, 0.6) is 0 Å². The zero-order valence-corrected chi connectivity index (χ0v) is 15.1. The molecule has 0 aliphatic heterocycles. The molecule has 0 radical (unpaired) electrons. The van der Waals surface area contributed by atoms with Gasteiger partial charge in [0.05, 0.1) is 10.5 Å². The van der Waals surface area contributed by atoms with Crippen molar-refractivity contribution in [2.75, 3.05) is 14.1 Å². The molecule has 0 aliphatic rings. The van der Waals surface area contributed by atoms with Crippen LogP contribution in [0.3, 0.4) is 0 Å². The number of nitrogens with one attached hydrogen (secondary N) is 2. The highest BCUT2D eigenvalue weighted by atomic mass is 32.2. The maximum atomic E-state index is 12.2. The van der Waals surface area contributed by atoms with Crippen LogP contribution < -0.4 is 10.9 Å². The van der Waals surface area contributed by atoms with Gasteiger partial charge in [0.1, 0.15) is 11.5 Å². The second-order valence-electron chi connectivity index (χ2n) is 5.55. The summed E-state index contributed by atoms with van der Waals surface area (Å²) in [6, 6.07) is 7.09. The summed E-state index contributed by atoms with van der Waals surface area (Å²) >= 11 is 0. The first-order valence-corrected chi connectivity index (χ1v) is 8.77. The van der Waals surface area contributed by atoms with Gasteiger partial charge in [0.25, 0.3) is 11.8 Å². The van der Waals surface area contributed by atoms with E-state index in [9.17, 15) is 18.0 Å². The predicted octanol–water partition coefficient (Wildman–Crippen LogP) is 1.22. The minimum atomic E-state index is -3.66. The minimum Gasteiger partial charge on any atom is -0.466 e. The van der Waals surface area contributed by atoms with Crippen molar-refractivity contribution in [1.29, 1.82) is 0 Å². The van der Waals surface area contributed by atoms with Crippen LogP contribution in [0.15, 0.2) is 39.6 Å². The van der Waals surface area contributed by atoms with Crippen molar-refractivity contribution in [3.8, 4) is 0 Å². The molecule has 1 aromatic heterocycles. The van der Waals surface area contributed by atoms with Crippen LogP contribution in [-0.2, 0) is 10.0 Å².